The first kappa shape index (κ1) is 25.5. The minimum Gasteiger partial charge on any atom is -0.493 e. The maximum absolute atomic E-state index is 13.4. The Morgan fingerprint density at radius 1 is 1.18 bits per heavy atom. The fourth-order valence-corrected chi connectivity index (χ4v) is 3.77. The van der Waals surface area contributed by atoms with E-state index in [0.717, 1.165) is 34.3 Å². The van der Waals surface area contributed by atoms with Crippen LogP contribution >= 0.6 is 0 Å². The first-order valence-corrected chi connectivity index (χ1v) is 11.6. The van der Waals surface area contributed by atoms with Crippen LogP contribution < -0.4 is 14.8 Å². The fraction of sp³-hybridized carbons (Fsp3) is 0.462. The summed E-state index contributed by atoms with van der Waals surface area (Å²) < 4.78 is 40.5. The number of nitrogens with zero attached hydrogens (tertiary/aromatic N) is 2. The predicted molar refractivity (Wildman–Crippen MR) is 129 cm³/mol. The molecule has 0 radical (unpaired) electrons. The van der Waals surface area contributed by atoms with Crippen LogP contribution in [0.2, 0.25) is 0 Å². The number of rotatable bonds is 10. The minimum atomic E-state index is -3.45. The number of alkyl halides is 2. The number of carbonyl (C=O) groups is 1. The van der Waals surface area contributed by atoms with Gasteiger partial charge in [0.1, 0.15) is 17.6 Å². The van der Waals surface area contributed by atoms with Crippen molar-refractivity contribution in [1.82, 2.24) is 15.1 Å². The molecule has 0 aliphatic heterocycles. The molecule has 0 spiro atoms. The van der Waals surface area contributed by atoms with Crippen LogP contribution in [-0.4, -0.2) is 40.4 Å². The Hall–Kier alpha value is -3.16. The number of ether oxygens (including phenoxy) is 2. The second kappa shape index (κ2) is 10.4. The molecular formula is C26H33F2N3O3. The van der Waals surface area contributed by atoms with Crippen LogP contribution in [0.25, 0.3) is 16.6 Å². The van der Waals surface area contributed by atoms with Crippen molar-refractivity contribution in [1.29, 1.82) is 0 Å². The summed E-state index contributed by atoms with van der Waals surface area (Å²) in [4.78, 5) is 11.8. The molecule has 1 heterocycles. The first-order valence-electron chi connectivity index (χ1n) is 11.6. The molecule has 1 N–H and O–H groups in total. The topological polar surface area (TPSA) is 65.4 Å². The van der Waals surface area contributed by atoms with Gasteiger partial charge in [0.15, 0.2) is 0 Å². The molecule has 0 unspecified atom stereocenters. The Balaban J connectivity index is 1.81. The third-order valence-electron chi connectivity index (χ3n) is 5.66. The van der Waals surface area contributed by atoms with Gasteiger partial charge in [-0.05, 0) is 56.0 Å². The van der Waals surface area contributed by atoms with Gasteiger partial charge in [-0.15, -0.1) is 0 Å². The van der Waals surface area contributed by atoms with Gasteiger partial charge < -0.3 is 14.8 Å². The molecule has 0 fully saturated rings. The lowest BCUT2D eigenvalue weighted by Crippen LogP contribution is -2.52. The zero-order valence-corrected chi connectivity index (χ0v) is 20.6. The van der Waals surface area contributed by atoms with E-state index in [0.29, 0.717) is 19.3 Å². The van der Waals surface area contributed by atoms with Gasteiger partial charge in [0.2, 0.25) is 0 Å². The summed E-state index contributed by atoms with van der Waals surface area (Å²) in [5.41, 5.74) is 2.84. The highest BCUT2D eigenvalue weighted by Gasteiger charge is 2.36. The monoisotopic (exact) mass is 473 g/mol. The number of nitrogens with one attached hydrogen (secondary N) is 1. The zero-order valence-electron chi connectivity index (χ0n) is 20.6. The van der Waals surface area contributed by atoms with Gasteiger partial charge >= 0.3 is 5.92 Å². The average Bonchev–Trinajstić information content (AvgIpc) is 3.19. The zero-order chi connectivity index (χ0) is 25.0. The molecule has 0 bridgehead atoms. The van der Waals surface area contributed by atoms with Crippen LogP contribution in [0.4, 0.5) is 8.78 Å². The molecule has 1 amide bonds. The molecule has 1 aromatic heterocycles. The van der Waals surface area contributed by atoms with Crippen molar-refractivity contribution < 1.29 is 23.0 Å². The molecule has 2 atom stereocenters. The molecule has 2 aromatic carbocycles. The van der Waals surface area contributed by atoms with Gasteiger partial charge in [-0.25, -0.2) is 4.68 Å². The average molecular weight is 474 g/mol. The molecule has 0 saturated carbocycles. The highest BCUT2D eigenvalue weighted by molar-refractivity contribution is 5.83. The maximum atomic E-state index is 13.4. The second-order valence-electron chi connectivity index (χ2n) is 9.03. The highest BCUT2D eigenvalue weighted by atomic mass is 19.3. The molecular weight excluding hydrogens is 440 g/mol. The number of hydrogen-bond acceptors (Lipinski definition) is 4. The van der Waals surface area contributed by atoms with Crippen molar-refractivity contribution in [2.75, 3.05) is 6.61 Å². The number of hydrogen-bond donors (Lipinski definition) is 1. The smallest absolute Gasteiger partial charge is 0.321 e. The largest absolute Gasteiger partial charge is 0.493 e. The molecule has 0 aliphatic rings. The van der Waals surface area contributed by atoms with Crippen molar-refractivity contribution in [2.24, 2.45) is 5.92 Å². The van der Waals surface area contributed by atoms with Gasteiger partial charge in [-0.2, -0.15) is 13.9 Å². The predicted octanol–water partition coefficient (Wildman–Crippen LogP) is 5.69. The van der Waals surface area contributed by atoms with Crippen molar-refractivity contribution in [3.63, 3.8) is 0 Å². The normalized spacial score (nSPS) is 13.7. The van der Waals surface area contributed by atoms with E-state index in [1.54, 1.807) is 13.1 Å². The van der Waals surface area contributed by atoms with E-state index in [1.165, 1.54) is 0 Å². The summed E-state index contributed by atoms with van der Waals surface area (Å²) in [5, 5.41) is 7.82. The summed E-state index contributed by atoms with van der Waals surface area (Å²) in [6.07, 6.45) is 2.16. The molecule has 3 aromatic rings. The Bertz CT molecular complexity index is 1140. The molecule has 3 rings (SSSR count). The van der Waals surface area contributed by atoms with Crippen LogP contribution in [-0.2, 0) is 4.79 Å². The van der Waals surface area contributed by atoms with E-state index < -0.39 is 24.0 Å². The fourth-order valence-electron chi connectivity index (χ4n) is 3.77. The van der Waals surface area contributed by atoms with Gasteiger partial charge in [0, 0.05) is 18.4 Å². The van der Waals surface area contributed by atoms with Crippen molar-refractivity contribution in [2.45, 2.75) is 66.0 Å². The highest BCUT2D eigenvalue weighted by Crippen LogP contribution is 2.28. The van der Waals surface area contributed by atoms with Gasteiger partial charge in [0.05, 0.1) is 30.0 Å². The number of halogens is 2. The summed E-state index contributed by atoms with van der Waals surface area (Å²) in [5.74, 6) is -3.45. The van der Waals surface area contributed by atoms with Gasteiger partial charge in [-0.1, -0.05) is 26.8 Å². The molecule has 0 aliphatic carbocycles. The quantitative estimate of drug-likeness (QED) is 0.411. The molecule has 0 saturated heterocycles. The number of fused-ring (bicyclic) bond motifs is 1. The van der Waals surface area contributed by atoms with E-state index in [9.17, 15) is 13.6 Å². The Morgan fingerprint density at radius 3 is 2.56 bits per heavy atom. The lowest BCUT2D eigenvalue weighted by Gasteiger charge is -2.30. The van der Waals surface area contributed by atoms with E-state index in [1.807, 2.05) is 61.9 Å². The maximum Gasteiger partial charge on any atom is 0.321 e. The Labute approximate surface area is 199 Å². The van der Waals surface area contributed by atoms with Crippen LogP contribution in [0, 0.1) is 12.8 Å². The van der Waals surface area contributed by atoms with Crippen LogP contribution in [0.5, 0.6) is 11.5 Å². The summed E-state index contributed by atoms with van der Waals surface area (Å²) in [7, 11) is 0. The number of benzene rings is 2. The second-order valence-corrected chi connectivity index (χ2v) is 9.03. The summed E-state index contributed by atoms with van der Waals surface area (Å²) in [6.45, 7) is 10.8. The van der Waals surface area contributed by atoms with E-state index in [-0.39, 0.29) is 5.92 Å². The minimum absolute atomic E-state index is 0.0987. The molecule has 184 valence electrons. The van der Waals surface area contributed by atoms with E-state index >= 15 is 0 Å². The molecule has 34 heavy (non-hydrogen) atoms. The standard InChI is InChI=1S/C26H33F2N3O3/c1-7-12-33-23-14-20(9-8-17(23)4)31-22-11-10-21(13-19(22)15-29-31)34-18(5)24(16(2)3)30-25(32)26(6,27)28/h8-11,13-16,18,24H,7,12H2,1-6H3,(H,30,32)/t18-,24+/m1/s1. The lowest BCUT2D eigenvalue weighted by atomic mass is 9.99. The number of aryl methyl sites for hydroxylation is 1. The van der Waals surface area contributed by atoms with Crippen molar-refractivity contribution >= 4 is 16.8 Å². The summed E-state index contributed by atoms with van der Waals surface area (Å²) in [6, 6.07) is 11.0. The van der Waals surface area contributed by atoms with E-state index in [2.05, 4.69) is 17.3 Å². The first-order chi connectivity index (χ1) is 16.0. The van der Waals surface area contributed by atoms with Gasteiger partial charge in [0.25, 0.3) is 5.91 Å². The number of carbonyl (C=O) groups excluding carboxylic acids is 1. The van der Waals surface area contributed by atoms with Gasteiger partial charge in [-0.3, -0.25) is 4.79 Å². The van der Waals surface area contributed by atoms with Crippen LogP contribution in [0.1, 0.15) is 46.6 Å². The third-order valence-corrected chi connectivity index (χ3v) is 5.66. The molecule has 6 nitrogen and oxygen atoms in total. The van der Waals surface area contributed by atoms with Crippen LogP contribution in [0.15, 0.2) is 42.6 Å². The third kappa shape index (κ3) is 5.85. The van der Waals surface area contributed by atoms with Crippen LogP contribution in [0.3, 0.4) is 0 Å². The van der Waals surface area contributed by atoms with Crippen molar-refractivity contribution in [3.05, 3.63) is 48.2 Å². The lowest BCUT2D eigenvalue weighted by molar-refractivity contribution is -0.144. The number of amides is 1. The molecule has 8 heteroatoms. The van der Waals surface area contributed by atoms with E-state index in [4.69, 9.17) is 9.47 Å². The SMILES string of the molecule is CCCOc1cc(-n2ncc3cc(O[C@H](C)[C@@H](NC(=O)C(C)(F)F)C(C)C)ccc32)ccc1C. The van der Waals surface area contributed by atoms with Crippen molar-refractivity contribution in [3.8, 4) is 17.2 Å². The Kier molecular flexibility index (Phi) is 7.79. The summed E-state index contributed by atoms with van der Waals surface area (Å²) >= 11 is 0. The number of aromatic nitrogens is 2. The Morgan fingerprint density at radius 2 is 1.91 bits per heavy atom.